The fourth-order valence-corrected chi connectivity index (χ4v) is 1.74. The van der Waals surface area contributed by atoms with Crippen molar-refractivity contribution in [3.63, 3.8) is 0 Å². The predicted octanol–water partition coefficient (Wildman–Crippen LogP) is 4.82. The maximum absolute atomic E-state index is 12.7. The van der Waals surface area contributed by atoms with Crippen LogP contribution in [-0.4, -0.2) is 0 Å². The Labute approximate surface area is 99.3 Å². The van der Waals surface area contributed by atoms with E-state index in [4.69, 9.17) is 0 Å². The molecule has 4 heteroatoms. The largest absolute Gasteiger partial charge is 0.416 e. The molecule has 90 valence electrons. The Kier molecular flexibility index (Phi) is 3.94. The minimum Gasteiger partial charge on any atom is -0.171 e. The number of hydrogen-bond acceptors (Lipinski definition) is 1. The van der Waals surface area contributed by atoms with Gasteiger partial charge in [0.2, 0.25) is 0 Å². The Morgan fingerprint density at radius 3 is 2.06 bits per heavy atom. The lowest BCUT2D eigenvalue weighted by atomic mass is 9.94. The zero-order valence-corrected chi connectivity index (χ0v) is 10.4. The molecule has 0 spiro atoms. The Hall–Kier alpha value is -0.640. The standard InChI is InChI=1S/C12H15F3S/c1-7(2)10-6-9(8(3)16)4-5-11(10)12(13,14)15/h4-8,16H,1-3H3. The van der Waals surface area contributed by atoms with Crippen LogP contribution < -0.4 is 0 Å². The monoisotopic (exact) mass is 248 g/mol. The molecule has 0 N–H and O–H groups in total. The molecule has 0 fully saturated rings. The maximum atomic E-state index is 12.7. The highest BCUT2D eigenvalue weighted by atomic mass is 32.1. The average Bonchev–Trinajstić information content (AvgIpc) is 2.15. The molecule has 0 bridgehead atoms. The van der Waals surface area contributed by atoms with Gasteiger partial charge in [-0.3, -0.25) is 0 Å². The molecule has 0 aliphatic heterocycles. The molecule has 0 aromatic heterocycles. The van der Waals surface area contributed by atoms with Crippen LogP contribution in [0.3, 0.4) is 0 Å². The van der Waals surface area contributed by atoms with Crippen molar-refractivity contribution in [2.75, 3.05) is 0 Å². The molecule has 0 saturated carbocycles. The molecular weight excluding hydrogens is 233 g/mol. The van der Waals surface area contributed by atoms with Crippen molar-refractivity contribution in [1.82, 2.24) is 0 Å². The van der Waals surface area contributed by atoms with E-state index >= 15 is 0 Å². The topological polar surface area (TPSA) is 0 Å². The van der Waals surface area contributed by atoms with Crippen molar-refractivity contribution in [1.29, 1.82) is 0 Å². The number of hydrogen-bond donors (Lipinski definition) is 1. The lowest BCUT2D eigenvalue weighted by Gasteiger charge is -2.17. The van der Waals surface area contributed by atoms with Crippen LogP contribution in [-0.2, 0) is 6.18 Å². The van der Waals surface area contributed by atoms with Gasteiger partial charge in [0.05, 0.1) is 5.56 Å². The van der Waals surface area contributed by atoms with Gasteiger partial charge >= 0.3 is 6.18 Å². The summed E-state index contributed by atoms with van der Waals surface area (Å²) >= 11 is 4.23. The number of alkyl halides is 3. The van der Waals surface area contributed by atoms with Gasteiger partial charge in [-0.15, -0.1) is 0 Å². The predicted molar refractivity (Wildman–Crippen MR) is 62.9 cm³/mol. The van der Waals surface area contributed by atoms with Crippen LogP contribution in [0.1, 0.15) is 48.6 Å². The van der Waals surface area contributed by atoms with Gasteiger partial charge in [0.15, 0.2) is 0 Å². The highest BCUT2D eigenvalue weighted by Gasteiger charge is 2.33. The smallest absolute Gasteiger partial charge is 0.171 e. The van der Waals surface area contributed by atoms with Crippen molar-refractivity contribution in [2.24, 2.45) is 0 Å². The second kappa shape index (κ2) is 4.70. The number of thiol groups is 1. The van der Waals surface area contributed by atoms with Crippen LogP contribution in [0.5, 0.6) is 0 Å². The molecule has 1 rings (SSSR count). The van der Waals surface area contributed by atoms with Crippen molar-refractivity contribution >= 4 is 12.6 Å². The van der Waals surface area contributed by atoms with E-state index in [2.05, 4.69) is 12.6 Å². The molecule has 16 heavy (non-hydrogen) atoms. The molecular formula is C12H15F3S. The van der Waals surface area contributed by atoms with E-state index in [0.717, 1.165) is 11.6 Å². The highest BCUT2D eigenvalue weighted by molar-refractivity contribution is 7.80. The maximum Gasteiger partial charge on any atom is 0.416 e. The highest BCUT2D eigenvalue weighted by Crippen LogP contribution is 2.36. The SMILES string of the molecule is CC(C)c1cc(C(C)S)ccc1C(F)(F)F. The van der Waals surface area contributed by atoms with Crippen LogP contribution in [0, 0.1) is 0 Å². The third-order valence-electron chi connectivity index (χ3n) is 2.49. The molecule has 0 aliphatic carbocycles. The first kappa shape index (κ1) is 13.4. The number of rotatable bonds is 2. The average molecular weight is 248 g/mol. The van der Waals surface area contributed by atoms with E-state index < -0.39 is 11.7 Å². The fraction of sp³-hybridized carbons (Fsp3) is 0.500. The molecule has 0 aliphatic rings. The van der Waals surface area contributed by atoms with E-state index in [1.807, 2.05) is 6.92 Å². The fourth-order valence-electron chi connectivity index (χ4n) is 1.58. The Balaban J connectivity index is 3.31. The first-order valence-corrected chi connectivity index (χ1v) is 5.64. The molecule has 0 heterocycles. The third-order valence-corrected chi connectivity index (χ3v) is 2.78. The molecule has 0 amide bonds. The summed E-state index contributed by atoms with van der Waals surface area (Å²) in [6.07, 6.45) is -4.28. The molecule has 0 saturated heterocycles. The molecule has 0 nitrogen and oxygen atoms in total. The molecule has 0 radical (unpaired) electrons. The summed E-state index contributed by atoms with van der Waals surface area (Å²) in [5.41, 5.74) is 0.617. The van der Waals surface area contributed by atoms with E-state index in [0.29, 0.717) is 5.56 Å². The van der Waals surface area contributed by atoms with E-state index in [1.54, 1.807) is 19.9 Å². The summed E-state index contributed by atoms with van der Waals surface area (Å²) < 4.78 is 38.2. The zero-order chi connectivity index (χ0) is 12.5. The van der Waals surface area contributed by atoms with Crippen LogP contribution in [0.15, 0.2) is 18.2 Å². The van der Waals surface area contributed by atoms with Gasteiger partial charge in [0, 0.05) is 5.25 Å². The zero-order valence-electron chi connectivity index (χ0n) is 9.47. The second-order valence-corrected chi connectivity index (χ2v) is 4.95. The minimum atomic E-state index is -4.28. The van der Waals surface area contributed by atoms with Crippen LogP contribution in [0.25, 0.3) is 0 Å². The second-order valence-electron chi connectivity index (χ2n) is 4.18. The molecule has 1 aromatic carbocycles. The third kappa shape index (κ3) is 2.94. The van der Waals surface area contributed by atoms with Crippen molar-refractivity contribution in [3.05, 3.63) is 34.9 Å². The van der Waals surface area contributed by atoms with Gasteiger partial charge < -0.3 is 0 Å². The van der Waals surface area contributed by atoms with Crippen molar-refractivity contribution in [2.45, 2.75) is 38.1 Å². The van der Waals surface area contributed by atoms with Crippen molar-refractivity contribution < 1.29 is 13.2 Å². The van der Waals surface area contributed by atoms with Crippen molar-refractivity contribution in [3.8, 4) is 0 Å². The van der Waals surface area contributed by atoms with E-state index in [-0.39, 0.29) is 11.2 Å². The first-order chi connectivity index (χ1) is 7.23. The minimum absolute atomic E-state index is 0.0558. The Bertz CT molecular complexity index is 367. The molecule has 1 aromatic rings. The van der Waals surface area contributed by atoms with Gasteiger partial charge in [-0.05, 0) is 30.0 Å². The summed E-state index contributed by atoms with van der Waals surface area (Å²) in [5.74, 6) is -0.149. The lowest BCUT2D eigenvalue weighted by Crippen LogP contribution is -2.10. The van der Waals surface area contributed by atoms with E-state index in [9.17, 15) is 13.2 Å². The van der Waals surface area contributed by atoms with Gasteiger partial charge in [-0.2, -0.15) is 25.8 Å². The van der Waals surface area contributed by atoms with Crippen LogP contribution in [0.2, 0.25) is 0 Å². The lowest BCUT2D eigenvalue weighted by molar-refractivity contribution is -0.138. The van der Waals surface area contributed by atoms with Gasteiger partial charge in [-0.25, -0.2) is 0 Å². The van der Waals surface area contributed by atoms with Gasteiger partial charge in [0.1, 0.15) is 0 Å². The summed E-state index contributed by atoms with van der Waals surface area (Å²) in [6.45, 7) is 5.37. The summed E-state index contributed by atoms with van der Waals surface area (Å²) in [6, 6.07) is 4.24. The Morgan fingerprint density at radius 2 is 1.69 bits per heavy atom. The van der Waals surface area contributed by atoms with Gasteiger partial charge in [0.25, 0.3) is 0 Å². The Morgan fingerprint density at radius 1 is 1.12 bits per heavy atom. The normalized spacial score (nSPS) is 14.2. The summed E-state index contributed by atoms with van der Waals surface area (Å²) in [5, 5.41) is -0.0558. The summed E-state index contributed by atoms with van der Waals surface area (Å²) in [4.78, 5) is 0. The summed E-state index contributed by atoms with van der Waals surface area (Å²) in [7, 11) is 0. The van der Waals surface area contributed by atoms with Gasteiger partial charge in [-0.1, -0.05) is 26.0 Å². The van der Waals surface area contributed by atoms with Crippen LogP contribution in [0.4, 0.5) is 13.2 Å². The molecule has 1 atom stereocenters. The van der Waals surface area contributed by atoms with Crippen LogP contribution >= 0.6 is 12.6 Å². The quantitative estimate of drug-likeness (QED) is 0.713. The number of benzene rings is 1. The number of halogens is 3. The first-order valence-electron chi connectivity index (χ1n) is 5.12. The molecule has 1 unspecified atom stereocenters. The van der Waals surface area contributed by atoms with E-state index in [1.165, 1.54) is 6.07 Å².